The minimum absolute atomic E-state index is 0.0422. The molecule has 0 aromatic carbocycles. The Kier molecular flexibility index (Phi) is 15.9. The van der Waals surface area contributed by atoms with Gasteiger partial charge in [0.25, 0.3) is 0 Å². The van der Waals surface area contributed by atoms with E-state index in [-0.39, 0.29) is 8.64 Å². The van der Waals surface area contributed by atoms with Gasteiger partial charge in [0.15, 0.2) is 4.32 Å². The number of thiol groups is 1. The quantitative estimate of drug-likeness (QED) is 0.0865. The molecule has 0 unspecified atom stereocenters. The molecule has 15 heteroatoms. The summed E-state index contributed by atoms with van der Waals surface area (Å²) in [7, 11) is 0.509. The Hall–Kier alpha value is -0.0417. The summed E-state index contributed by atoms with van der Waals surface area (Å²) in [4.78, 5) is 6.24. The Morgan fingerprint density at radius 2 is 2.18 bits per heavy atom. The standard InChI is InChI=1S/CH2N4S2.CH4N2O2S2.Mo.2O/c2-4-5-3-1(6)7;4-3-5-2-1(6)7;;;/h(H2,3,6,7);3-4H,(H2,2,6,7);;;/q;;+1;;/p-1. The molecule has 0 aromatic heterocycles. The van der Waals surface area contributed by atoms with E-state index < -0.39 is 16.0 Å². The van der Waals surface area contributed by atoms with Crippen molar-refractivity contribution in [3.8, 4) is 0 Å². The molecule has 0 aliphatic heterocycles. The van der Waals surface area contributed by atoms with E-state index in [2.05, 4.69) is 52.1 Å². The molecule has 0 aromatic rings. The topological polar surface area (TPSA) is 148 Å². The van der Waals surface area contributed by atoms with E-state index in [4.69, 9.17) is 10.7 Å². The summed E-state index contributed by atoms with van der Waals surface area (Å²) in [5, 5.41) is 10.5. The number of hydroxylamine groups is 1. The van der Waals surface area contributed by atoms with Gasteiger partial charge >= 0.3 is 69.9 Å². The Balaban J connectivity index is 0. The first-order valence-electron chi connectivity index (χ1n) is 3.09. The summed E-state index contributed by atoms with van der Waals surface area (Å²) in [5.74, 6) is 0. The molecular weight excluding hydrogens is 396 g/mol. The molecule has 0 rings (SSSR count). The predicted octanol–water partition coefficient (Wildman–Crippen LogP) is 0.660. The number of nitrogens with zero attached hydrogens (tertiary/aromatic N) is 3. The average molecular weight is 401 g/mol. The van der Waals surface area contributed by atoms with Crippen molar-refractivity contribution in [1.82, 2.24) is 16.5 Å². The van der Waals surface area contributed by atoms with E-state index in [1.165, 1.54) is 5.64 Å². The van der Waals surface area contributed by atoms with Gasteiger partial charge in [-0.25, -0.2) is 5.48 Å². The van der Waals surface area contributed by atoms with Gasteiger partial charge in [-0.1, -0.05) is 17.9 Å². The number of azide groups is 1. The molecule has 0 amide bonds. The minimum atomic E-state index is -3.50. The Morgan fingerprint density at radius 1 is 1.59 bits per heavy atom. The van der Waals surface area contributed by atoms with Crippen LogP contribution in [-0.4, -0.2) is 13.8 Å². The second-order valence-corrected chi connectivity index (χ2v) is 7.72. The van der Waals surface area contributed by atoms with E-state index in [1.807, 2.05) is 10.9 Å². The van der Waals surface area contributed by atoms with E-state index in [0.29, 0.717) is 9.47 Å². The van der Waals surface area contributed by atoms with Gasteiger partial charge in [-0.05, 0) is 0 Å². The number of rotatable bonds is 4. The van der Waals surface area contributed by atoms with Crippen LogP contribution in [0.25, 0.3) is 10.4 Å². The molecule has 10 nitrogen and oxygen atoms in total. The van der Waals surface area contributed by atoms with Crippen molar-refractivity contribution in [2.24, 2.45) is 5.22 Å². The summed E-state index contributed by atoms with van der Waals surface area (Å²) in [6.07, 6.45) is 0. The third kappa shape index (κ3) is 21.7. The summed E-state index contributed by atoms with van der Waals surface area (Å²) < 4.78 is 20.1. The van der Waals surface area contributed by atoms with Crippen LogP contribution in [0.1, 0.15) is 0 Å². The van der Waals surface area contributed by atoms with Crippen LogP contribution < -0.4 is 16.5 Å². The normalized spacial score (nSPS) is 7.88. The van der Waals surface area contributed by atoms with Gasteiger partial charge in [-0.2, -0.15) is 4.94 Å². The molecule has 0 radical (unpaired) electrons. The fraction of sp³-hybridized carbons (Fsp3) is 0. The SMILES string of the molecule is ONONC(=S)S.[N-]=[N+]=NNC(=S)[S][Mo](=[O])=[O]. The van der Waals surface area contributed by atoms with Crippen LogP contribution in [0.3, 0.4) is 0 Å². The van der Waals surface area contributed by atoms with Gasteiger partial charge < -0.3 is 0 Å². The number of hydrogen-bond donors (Lipinski definition) is 5. The third-order valence-electron chi connectivity index (χ3n) is 0.514. The second-order valence-electron chi connectivity index (χ2n) is 1.48. The van der Waals surface area contributed by atoms with Crippen molar-refractivity contribution in [1.29, 1.82) is 0 Å². The first-order valence-corrected chi connectivity index (χ1v) is 9.19. The van der Waals surface area contributed by atoms with Crippen LogP contribution in [0.2, 0.25) is 0 Å². The number of thiocarbonyl (C=S) groups is 2. The van der Waals surface area contributed by atoms with Gasteiger partial charge in [0, 0.05) is 0 Å². The molecule has 0 spiro atoms. The van der Waals surface area contributed by atoms with Gasteiger partial charge in [-0.15, -0.1) is 12.6 Å². The van der Waals surface area contributed by atoms with E-state index in [0.717, 1.165) is 0 Å². The zero-order valence-electron chi connectivity index (χ0n) is 7.59. The molecule has 0 aliphatic rings. The summed E-state index contributed by atoms with van der Waals surface area (Å²) in [5.41, 5.74) is 13.1. The first-order chi connectivity index (χ1) is 7.93. The van der Waals surface area contributed by atoms with Crippen molar-refractivity contribution < 1.29 is 32.9 Å². The van der Waals surface area contributed by atoms with Crippen LogP contribution in [0.4, 0.5) is 0 Å². The van der Waals surface area contributed by atoms with Gasteiger partial charge in [0.1, 0.15) is 0 Å². The second kappa shape index (κ2) is 14.0. The molecule has 0 aliphatic carbocycles. The van der Waals surface area contributed by atoms with Crippen LogP contribution in [0.5, 0.6) is 0 Å². The van der Waals surface area contributed by atoms with Crippen molar-refractivity contribution >= 4 is 55.2 Å². The van der Waals surface area contributed by atoms with Crippen molar-refractivity contribution in [2.45, 2.75) is 0 Å². The molecule has 0 fully saturated rings. The number of nitrogens with one attached hydrogen (secondary N) is 3. The summed E-state index contributed by atoms with van der Waals surface area (Å²) >= 11 is 8.84. The van der Waals surface area contributed by atoms with Crippen LogP contribution in [-0.2, 0) is 27.7 Å². The molecule has 0 atom stereocenters. The maximum atomic E-state index is 10.0. The Morgan fingerprint density at radius 3 is 2.47 bits per heavy atom. The van der Waals surface area contributed by atoms with E-state index in [1.54, 1.807) is 0 Å². The molecule has 0 heterocycles. The third-order valence-corrected chi connectivity index (χ3v) is 4.49. The zero-order chi connectivity index (χ0) is 13.7. The predicted molar refractivity (Wildman–Crippen MR) is 64.6 cm³/mol. The van der Waals surface area contributed by atoms with Crippen molar-refractivity contribution in [2.75, 3.05) is 0 Å². The zero-order valence-corrected chi connectivity index (χ0v) is 12.9. The average Bonchev–Trinajstić information content (AvgIpc) is 2.23. The van der Waals surface area contributed by atoms with E-state index in [9.17, 15) is 6.80 Å². The van der Waals surface area contributed by atoms with Gasteiger partial charge in [0.2, 0.25) is 0 Å². The monoisotopic (exact) mass is 403 g/mol. The molecule has 0 saturated heterocycles. The summed E-state index contributed by atoms with van der Waals surface area (Å²) in [6, 6.07) is 0. The molecular formula is C2H5MoN6O4S4. The van der Waals surface area contributed by atoms with Crippen LogP contribution >= 0.6 is 46.5 Å². The fourth-order valence-electron chi connectivity index (χ4n) is 0.210. The van der Waals surface area contributed by atoms with E-state index >= 15 is 0 Å². The van der Waals surface area contributed by atoms with Crippen LogP contribution in [0, 0.1) is 0 Å². The summed E-state index contributed by atoms with van der Waals surface area (Å²) in [6.45, 7) is 0. The fourth-order valence-corrected chi connectivity index (χ4v) is 2.71. The van der Waals surface area contributed by atoms with Crippen LogP contribution in [0.15, 0.2) is 5.22 Å². The molecule has 97 valence electrons. The maximum absolute atomic E-state index is 10.0. The Labute approximate surface area is 120 Å². The first kappa shape index (κ1) is 19.3. The van der Waals surface area contributed by atoms with Crippen molar-refractivity contribution in [3.05, 3.63) is 10.4 Å². The van der Waals surface area contributed by atoms with Gasteiger partial charge in [0.05, 0.1) is 0 Å². The van der Waals surface area contributed by atoms with Crippen molar-refractivity contribution in [3.63, 3.8) is 0 Å². The molecule has 17 heavy (non-hydrogen) atoms. The molecule has 0 saturated carbocycles. The molecule has 0 bridgehead atoms. The van der Waals surface area contributed by atoms with Gasteiger partial charge in [-0.3, -0.25) is 5.21 Å². The number of hydrogen-bond acceptors (Lipinski definition) is 9. The Bertz CT molecular complexity index is 359. The molecule has 4 N–H and O–H groups in total.